The lowest BCUT2D eigenvalue weighted by molar-refractivity contribution is 1.16. The molecule has 0 spiro atoms. The Bertz CT molecular complexity index is 442. The van der Waals surface area contributed by atoms with Gasteiger partial charge in [-0.05, 0) is 28.1 Å². The number of halogens is 2. The molecule has 0 aliphatic heterocycles. The first-order valence-electron chi connectivity index (χ1n) is 3.99. The number of benzene rings is 1. The monoisotopic (exact) mass is 268 g/mol. The van der Waals surface area contributed by atoms with Crippen LogP contribution in [0.3, 0.4) is 0 Å². The van der Waals surface area contributed by atoms with Crippen LogP contribution >= 0.6 is 27.5 Å². The minimum absolute atomic E-state index is 0.677. The Hall–Kier alpha value is -0.930. The molecule has 4 heteroatoms. The first kappa shape index (κ1) is 9.62. The molecule has 0 saturated carbocycles. The third-order valence-electron chi connectivity index (χ3n) is 1.70. The third kappa shape index (κ3) is 2.11. The van der Waals surface area contributed by atoms with Crippen molar-refractivity contribution in [3.05, 3.63) is 46.2 Å². The molecule has 2 aromatic rings. The molecule has 1 aromatic carbocycles. The Kier molecular flexibility index (Phi) is 2.79. The molecule has 0 unspecified atom stereocenters. The molecule has 0 radical (unpaired) electrons. The number of aromatic nitrogens is 2. The summed E-state index contributed by atoms with van der Waals surface area (Å²) in [5, 5.41) is 0.689. The van der Waals surface area contributed by atoms with E-state index in [1.807, 2.05) is 24.3 Å². The van der Waals surface area contributed by atoms with Gasteiger partial charge in [-0.15, -0.1) is 0 Å². The second-order valence-corrected chi connectivity index (χ2v) is 4.09. The SMILES string of the molecule is Clc1cccc(-c2ncc(Br)cn2)c1. The van der Waals surface area contributed by atoms with Crippen molar-refractivity contribution in [1.29, 1.82) is 0 Å². The highest BCUT2D eigenvalue weighted by Gasteiger charge is 2.00. The molecule has 1 heterocycles. The molecular weight excluding hydrogens is 263 g/mol. The maximum Gasteiger partial charge on any atom is 0.159 e. The zero-order chi connectivity index (χ0) is 9.97. The highest BCUT2D eigenvalue weighted by molar-refractivity contribution is 9.10. The van der Waals surface area contributed by atoms with Crippen LogP contribution in [-0.4, -0.2) is 9.97 Å². The molecule has 1 aromatic heterocycles. The standard InChI is InChI=1S/C10H6BrClN2/c11-8-5-13-10(14-6-8)7-2-1-3-9(12)4-7/h1-6H. The zero-order valence-corrected chi connectivity index (χ0v) is 9.46. The van der Waals surface area contributed by atoms with Crippen molar-refractivity contribution >= 4 is 27.5 Å². The van der Waals surface area contributed by atoms with Crippen LogP contribution in [-0.2, 0) is 0 Å². The maximum absolute atomic E-state index is 5.86. The van der Waals surface area contributed by atoms with Gasteiger partial charge in [-0.2, -0.15) is 0 Å². The van der Waals surface area contributed by atoms with E-state index in [1.165, 1.54) is 0 Å². The van der Waals surface area contributed by atoms with Gasteiger partial charge < -0.3 is 0 Å². The summed E-state index contributed by atoms with van der Waals surface area (Å²) in [6.45, 7) is 0. The second-order valence-electron chi connectivity index (χ2n) is 2.74. The normalized spacial score (nSPS) is 10.1. The fourth-order valence-electron chi connectivity index (χ4n) is 1.09. The summed E-state index contributed by atoms with van der Waals surface area (Å²) in [6, 6.07) is 7.47. The number of rotatable bonds is 1. The van der Waals surface area contributed by atoms with Crippen LogP contribution in [0.15, 0.2) is 41.1 Å². The fourth-order valence-corrected chi connectivity index (χ4v) is 1.48. The molecule has 0 amide bonds. The Morgan fingerprint density at radius 3 is 2.50 bits per heavy atom. The van der Waals surface area contributed by atoms with E-state index in [-0.39, 0.29) is 0 Å². The molecule has 0 saturated heterocycles. The summed E-state index contributed by atoms with van der Waals surface area (Å²) >= 11 is 9.14. The molecule has 0 aliphatic rings. The topological polar surface area (TPSA) is 25.8 Å². The maximum atomic E-state index is 5.86. The Morgan fingerprint density at radius 1 is 1.14 bits per heavy atom. The van der Waals surface area contributed by atoms with E-state index in [4.69, 9.17) is 11.6 Å². The Balaban J connectivity index is 2.44. The summed E-state index contributed by atoms with van der Waals surface area (Å²) in [7, 11) is 0. The van der Waals surface area contributed by atoms with E-state index in [0.717, 1.165) is 10.0 Å². The fraction of sp³-hybridized carbons (Fsp3) is 0. The molecular formula is C10H6BrClN2. The van der Waals surface area contributed by atoms with Crippen molar-refractivity contribution < 1.29 is 0 Å². The molecule has 14 heavy (non-hydrogen) atoms. The Morgan fingerprint density at radius 2 is 1.86 bits per heavy atom. The smallest absolute Gasteiger partial charge is 0.159 e. The second kappa shape index (κ2) is 4.07. The van der Waals surface area contributed by atoms with Crippen LogP contribution in [0.2, 0.25) is 5.02 Å². The van der Waals surface area contributed by atoms with Gasteiger partial charge in [-0.1, -0.05) is 23.7 Å². The lowest BCUT2D eigenvalue weighted by Gasteiger charge is -1.99. The van der Waals surface area contributed by atoms with Crippen LogP contribution in [0.1, 0.15) is 0 Å². The molecule has 0 aliphatic carbocycles. The molecule has 2 nitrogen and oxygen atoms in total. The van der Waals surface area contributed by atoms with Gasteiger partial charge in [0.25, 0.3) is 0 Å². The van der Waals surface area contributed by atoms with Gasteiger partial charge in [0.05, 0.1) is 4.47 Å². The van der Waals surface area contributed by atoms with Crippen LogP contribution < -0.4 is 0 Å². The van der Waals surface area contributed by atoms with E-state index in [1.54, 1.807) is 12.4 Å². The van der Waals surface area contributed by atoms with Crippen LogP contribution in [0.25, 0.3) is 11.4 Å². The highest BCUT2D eigenvalue weighted by atomic mass is 79.9. The summed E-state index contributed by atoms with van der Waals surface area (Å²) in [6.07, 6.45) is 3.42. The predicted molar refractivity (Wildman–Crippen MR) is 60.2 cm³/mol. The molecule has 0 N–H and O–H groups in total. The van der Waals surface area contributed by atoms with Crippen LogP contribution in [0.5, 0.6) is 0 Å². The van der Waals surface area contributed by atoms with Crippen molar-refractivity contribution in [1.82, 2.24) is 9.97 Å². The van der Waals surface area contributed by atoms with E-state index in [2.05, 4.69) is 25.9 Å². The van der Waals surface area contributed by atoms with Crippen molar-refractivity contribution in [3.63, 3.8) is 0 Å². The van der Waals surface area contributed by atoms with Gasteiger partial charge in [0.1, 0.15) is 0 Å². The van der Waals surface area contributed by atoms with E-state index in [9.17, 15) is 0 Å². The summed E-state index contributed by atoms with van der Waals surface area (Å²) < 4.78 is 0.864. The van der Waals surface area contributed by atoms with Crippen LogP contribution in [0, 0.1) is 0 Å². The average molecular weight is 270 g/mol. The van der Waals surface area contributed by atoms with Gasteiger partial charge in [0.15, 0.2) is 5.82 Å². The van der Waals surface area contributed by atoms with Gasteiger partial charge in [0, 0.05) is 23.0 Å². The lowest BCUT2D eigenvalue weighted by atomic mass is 10.2. The van der Waals surface area contributed by atoms with Crippen LogP contribution in [0.4, 0.5) is 0 Å². The van der Waals surface area contributed by atoms with Gasteiger partial charge in [-0.25, -0.2) is 9.97 Å². The lowest BCUT2D eigenvalue weighted by Crippen LogP contribution is -1.87. The Labute approximate surface area is 95.1 Å². The van der Waals surface area contributed by atoms with E-state index >= 15 is 0 Å². The molecule has 0 fully saturated rings. The van der Waals surface area contributed by atoms with E-state index in [0.29, 0.717) is 10.8 Å². The van der Waals surface area contributed by atoms with Gasteiger partial charge in [0.2, 0.25) is 0 Å². The first-order chi connectivity index (χ1) is 6.75. The van der Waals surface area contributed by atoms with Crippen molar-refractivity contribution in [2.75, 3.05) is 0 Å². The van der Waals surface area contributed by atoms with E-state index < -0.39 is 0 Å². The molecule has 70 valence electrons. The minimum atomic E-state index is 0.677. The summed E-state index contributed by atoms with van der Waals surface area (Å²) in [5.41, 5.74) is 0.921. The number of nitrogens with zero attached hydrogens (tertiary/aromatic N) is 2. The minimum Gasteiger partial charge on any atom is -0.235 e. The van der Waals surface area contributed by atoms with Crippen molar-refractivity contribution in [2.24, 2.45) is 0 Å². The quantitative estimate of drug-likeness (QED) is 0.791. The zero-order valence-electron chi connectivity index (χ0n) is 7.11. The molecule has 2 rings (SSSR count). The molecule has 0 bridgehead atoms. The van der Waals surface area contributed by atoms with Gasteiger partial charge >= 0.3 is 0 Å². The molecule has 0 atom stereocenters. The van der Waals surface area contributed by atoms with Gasteiger partial charge in [-0.3, -0.25) is 0 Å². The average Bonchev–Trinajstić information content (AvgIpc) is 2.19. The summed E-state index contributed by atoms with van der Waals surface area (Å²) in [4.78, 5) is 8.35. The number of hydrogen-bond acceptors (Lipinski definition) is 2. The van der Waals surface area contributed by atoms with Crippen molar-refractivity contribution in [2.45, 2.75) is 0 Å². The summed E-state index contributed by atoms with van der Waals surface area (Å²) in [5.74, 6) is 0.677. The highest BCUT2D eigenvalue weighted by Crippen LogP contribution is 2.19. The predicted octanol–water partition coefficient (Wildman–Crippen LogP) is 3.56. The number of hydrogen-bond donors (Lipinski definition) is 0. The van der Waals surface area contributed by atoms with Crippen molar-refractivity contribution in [3.8, 4) is 11.4 Å². The first-order valence-corrected chi connectivity index (χ1v) is 5.16. The largest absolute Gasteiger partial charge is 0.235 e. The third-order valence-corrected chi connectivity index (χ3v) is 2.35.